The molecule has 0 aromatic rings. The number of hydrogen-bond donors (Lipinski definition) is 1. The Bertz CT molecular complexity index is 311. The first-order chi connectivity index (χ1) is 8.72. The number of likely N-dealkylation sites (tertiary alicyclic amines) is 1. The van der Waals surface area contributed by atoms with Gasteiger partial charge in [-0.2, -0.15) is 0 Å². The van der Waals surface area contributed by atoms with E-state index in [0.29, 0.717) is 12.5 Å². The Labute approximate surface area is 109 Å². The maximum absolute atomic E-state index is 12.4. The van der Waals surface area contributed by atoms with Crippen LogP contribution in [0.25, 0.3) is 0 Å². The van der Waals surface area contributed by atoms with E-state index in [-0.39, 0.29) is 17.7 Å². The molecule has 0 bridgehead atoms. The molecule has 2 amide bonds. The summed E-state index contributed by atoms with van der Waals surface area (Å²) in [6.07, 6.45) is 7.58. The normalized spacial score (nSPS) is 25.8. The summed E-state index contributed by atoms with van der Waals surface area (Å²) in [6, 6.07) is 0. The number of amides is 2. The summed E-state index contributed by atoms with van der Waals surface area (Å²) in [5, 5.41) is 2.70. The van der Waals surface area contributed by atoms with Gasteiger partial charge in [-0.1, -0.05) is 19.3 Å². The third-order valence-electron chi connectivity index (χ3n) is 4.30. The zero-order valence-corrected chi connectivity index (χ0v) is 11.3. The molecule has 102 valence electrons. The predicted molar refractivity (Wildman–Crippen MR) is 69.9 cm³/mol. The Morgan fingerprint density at radius 1 is 1.00 bits per heavy atom. The summed E-state index contributed by atoms with van der Waals surface area (Å²) < 4.78 is 0. The molecule has 0 radical (unpaired) electrons. The second kappa shape index (κ2) is 6.21. The lowest BCUT2D eigenvalue weighted by Gasteiger charge is -2.35. The minimum Gasteiger partial charge on any atom is -0.359 e. The van der Waals surface area contributed by atoms with Crippen LogP contribution in [0.4, 0.5) is 0 Å². The van der Waals surface area contributed by atoms with Gasteiger partial charge in [0, 0.05) is 26.1 Å². The SMILES string of the molecule is CNC(=O)[C@H]1CCCN(C(=O)C2CCCCC2)C1. The predicted octanol–water partition coefficient (Wildman–Crippen LogP) is 1.55. The molecule has 4 nitrogen and oxygen atoms in total. The Morgan fingerprint density at radius 2 is 1.67 bits per heavy atom. The molecule has 0 spiro atoms. The molecule has 1 saturated heterocycles. The van der Waals surface area contributed by atoms with Gasteiger partial charge in [0.1, 0.15) is 0 Å². The Hall–Kier alpha value is -1.06. The van der Waals surface area contributed by atoms with Crippen LogP contribution in [0.2, 0.25) is 0 Å². The summed E-state index contributed by atoms with van der Waals surface area (Å²) in [6.45, 7) is 1.46. The molecule has 1 saturated carbocycles. The van der Waals surface area contributed by atoms with Gasteiger partial charge >= 0.3 is 0 Å². The third kappa shape index (κ3) is 3.03. The van der Waals surface area contributed by atoms with Gasteiger partial charge in [0.05, 0.1) is 5.92 Å². The number of rotatable bonds is 2. The summed E-state index contributed by atoms with van der Waals surface area (Å²) in [5.74, 6) is 0.595. The zero-order chi connectivity index (χ0) is 13.0. The van der Waals surface area contributed by atoms with Crippen molar-refractivity contribution in [1.82, 2.24) is 10.2 Å². The van der Waals surface area contributed by atoms with Crippen molar-refractivity contribution in [2.75, 3.05) is 20.1 Å². The van der Waals surface area contributed by atoms with E-state index in [1.54, 1.807) is 7.05 Å². The van der Waals surface area contributed by atoms with E-state index in [9.17, 15) is 9.59 Å². The molecule has 0 aromatic heterocycles. The van der Waals surface area contributed by atoms with Crippen molar-refractivity contribution >= 4 is 11.8 Å². The zero-order valence-electron chi connectivity index (χ0n) is 11.3. The molecule has 0 aromatic carbocycles. The smallest absolute Gasteiger partial charge is 0.225 e. The van der Waals surface area contributed by atoms with E-state index in [4.69, 9.17) is 0 Å². The molecule has 1 aliphatic heterocycles. The fourth-order valence-electron chi connectivity index (χ4n) is 3.20. The minimum atomic E-state index is -0.00343. The van der Waals surface area contributed by atoms with Gasteiger partial charge in [0.15, 0.2) is 0 Å². The lowest BCUT2D eigenvalue weighted by molar-refractivity contribution is -0.140. The van der Waals surface area contributed by atoms with E-state index in [1.807, 2.05) is 4.90 Å². The standard InChI is InChI=1S/C14H24N2O2/c1-15-13(17)12-8-5-9-16(10-12)14(18)11-6-3-2-4-7-11/h11-12H,2-10H2,1H3,(H,15,17)/t12-/m0/s1. The van der Waals surface area contributed by atoms with Crippen LogP contribution in [0, 0.1) is 11.8 Å². The van der Waals surface area contributed by atoms with Crippen molar-refractivity contribution in [2.45, 2.75) is 44.9 Å². The number of carbonyl (C=O) groups excluding carboxylic acids is 2. The van der Waals surface area contributed by atoms with Crippen LogP contribution in [0.1, 0.15) is 44.9 Å². The van der Waals surface area contributed by atoms with Gasteiger partial charge in [-0.15, -0.1) is 0 Å². The Morgan fingerprint density at radius 3 is 2.33 bits per heavy atom. The highest BCUT2D eigenvalue weighted by Gasteiger charge is 2.31. The van der Waals surface area contributed by atoms with Gasteiger partial charge in [-0.05, 0) is 25.7 Å². The van der Waals surface area contributed by atoms with E-state index in [2.05, 4.69) is 5.32 Å². The van der Waals surface area contributed by atoms with E-state index in [0.717, 1.165) is 32.2 Å². The Balaban J connectivity index is 1.91. The topological polar surface area (TPSA) is 49.4 Å². The van der Waals surface area contributed by atoms with Gasteiger partial charge in [-0.25, -0.2) is 0 Å². The minimum absolute atomic E-state index is 0.00343. The largest absolute Gasteiger partial charge is 0.359 e. The van der Waals surface area contributed by atoms with Crippen LogP contribution in [0.15, 0.2) is 0 Å². The second-order valence-corrected chi connectivity index (χ2v) is 5.57. The highest BCUT2D eigenvalue weighted by molar-refractivity contribution is 5.82. The average molecular weight is 252 g/mol. The number of hydrogen-bond acceptors (Lipinski definition) is 2. The van der Waals surface area contributed by atoms with Gasteiger partial charge in [0.25, 0.3) is 0 Å². The van der Waals surface area contributed by atoms with E-state index < -0.39 is 0 Å². The summed E-state index contributed by atoms with van der Waals surface area (Å²) in [5.41, 5.74) is 0. The first-order valence-corrected chi connectivity index (χ1v) is 7.22. The van der Waals surface area contributed by atoms with Gasteiger partial charge < -0.3 is 10.2 Å². The molecule has 18 heavy (non-hydrogen) atoms. The number of nitrogens with one attached hydrogen (secondary N) is 1. The second-order valence-electron chi connectivity index (χ2n) is 5.57. The van der Waals surface area contributed by atoms with Crippen LogP contribution in [0.5, 0.6) is 0 Å². The van der Waals surface area contributed by atoms with Crippen molar-refractivity contribution < 1.29 is 9.59 Å². The lowest BCUT2D eigenvalue weighted by Crippen LogP contribution is -2.47. The van der Waals surface area contributed by atoms with Crippen LogP contribution < -0.4 is 5.32 Å². The molecular weight excluding hydrogens is 228 g/mol. The molecule has 1 atom stereocenters. The Kier molecular flexibility index (Phi) is 4.61. The molecule has 1 heterocycles. The fourth-order valence-corrected chi connectivity index (χ4v) is 3.20. The van der Waals surface area contributed by atoms with Gasteiger partial charge in [-0.3, -0.25) is 9.59 Å². The highest BCUT2D eigenvalue weighted by atomic mass is 16.2. The van der Waals surface area contributed by atoms with Crippen LogP contribution in [-0.2, 0) is 9.59 Å². The van der Waals surface area contributed by atoms with Crippen LogP contribution in [0.3, 0.4) is 0 Å². The van der Waals surface area contributed by atoms with Crippen LogP contribution >= 0.6 is 0 Å². The summed E-state index contributed by atoms with van der Waals surface area (Å²) >= 11 is 0. The van der Waals surface area contributed by atoms with Crippen molar-refractivity contribution in [3.05, 3.63) is 0 Å². The number of nitrogens with zero attached hydrogens (tertiary/aromatic N) is 1. The highest BCUT2D eigenvalue weighted by Crippen LogP contribution is 2.27. The van der Waals surface area contributed by atoms with Crippen molar-refractivity contribution in [1.29, 1.82) is 0 Å². The molecule has 1 aliphatic carbocycles. The fraction of sp³-hybridized carbons (Fsp3) is 0.857. The summed E-state index contributed by atoms with van der Waals surface area (Å²) in [4.78, 5) is 26.0. The van der Waals surface area contributed by atoms with Crippen molar-refractivity contribution in [3.63, 3.8) is 0 Å². The summed E-state index contributed by atoms with van der Waals surface area (Å²) in [7, 11) is 1.67. The lowest BCUT2D eigenvalue weighted by atomic mass is 9.87. The van der Waals surface area contributed by atoms with E-state index >= 15 is 0 Å². The average Bonchev–Trinajstić information content (AvgIpc) is 2.46. The molecule has 1 N–H and O–H groups in total. The number of piperidine rings is 1. The monoisotopic (exact) mass is 252 g/mol. The van der Waals surface area contributed by atoms with E-state index in [1.165, 1.54) is 19.3 Å². The van der Waals surface area contributed by atoms with Crippen molar-refractivity contribution in [2.24, 2.45) is 11.8 Å². The van der Waals surface area contributed by atoms with Crippen molar-refractivity contribution in [3.8, 4) is 0 Å². The van der Waals surface area contributed by atoms with Crippen LogP contribution in [-0.4, -0.2) is 36.9 Å². The molecule has 4 heteroatoms. The molecule has 2 rings (SSSR count). The molecule has 2 fully saturated rings. The first-order valence-electron chi connectivity index (χ1n) is 7.22. The maximum Gasteiger partial charge on any atom is 0.225 e. The maximum atomic E-state index is 12.4. The van der Waals surface area contributed by atoms with Gasteiger partial charge in [0.2, 0.25) is 11.8 Å². The molecule has 0 unspecified atom stereocenters. The third-order valence-corrected chi connectivity index (χ3v) is 4.30. The molecule has 2 aliphatic rings. The quantitative estimate of drug-likeness (QED) is 0.810. The number of carbonyl (C=O) groups is 2. The first kappa shape index (κ1) is 13.4. The molecular formula is C14H24N2O2.